The molecule has 1 heterocycles. The van der Waals surface area contributed by atoms with E-state index in [9.17, 15) is 19.5 Å². The summed E-state index contributed by atoms with van der Waals surface area (Å²) in [6.07, 6.45) is -0.505. The summed E-state index contributed by atoms with van der Waals surface area (Å²) in [5.41, 5.74) is 4.58. The molecule has 1 saturated heterocycles. The number of hydrogen-bond donors (Lipinski definition) is 2. The number of fused-ring (bicyclic) bond motifs is 3. The molecule has 2 aromatic carbocycles. The van der Waals surface area contributed by atoms with Crippen molar-refractivity contribution < 1.29 is 29.0 Å². The van der Waals surface area contributed by atoms with Gasteiger partial charge in [-0.05, 0) is 28.2 Å². The second-order valence-electron chi connectivity index (χ2n) is 9.47. The zero-order valence-electron chi connectivity index (χ0n) is 20.1. The minimum atomic E-state index is -0.984. The fourth-order valence-electron chi connectivity index (χ4n) is 4.75. The molecule has 35 heavy (non-hydrogen) atoms. The largest absolute Gasteiger partial charge is 0.481 e. The summed E-state index contributed by atoms with van der Waals surface area (Å²) in [6.45, 7) is 4.86. The Balaban J connectivity index is 1.36. The van der Waals surface area contributed by atoms with Crippen molar-refractivity contribution in [2.24, 2.45) is 11.8 Å². The number of carbonyl (C=O) groups excluding carboxylic acids is 2. The number of nitrogens with one attached hydrogen (secondary N) is 1. The zero-order valence-corrected chi connectivity index (χ0v) is 20.1. The fourth-order valence-corrected chi connectivity index (χ4v) is 4.75. The van der Waals surface area contributed by atoms with Crippen LogP contribution in [0.4, 0.5) is 4.79 Å². The van der Waals surface area contributed by atoms with E-state index >= 15 is 0 Å². The van der Waals surface area contributed by atoms with E-state index in [0.717, 1.165) is 22.3 Å². The maximum atomic E-state index is 12.9. The number of benzene rings is 2. The lowest BCUT2D eigenvalue weighted by atomic mass is 9.98. The highest BCUT2D eigenvalue weighted by Crippen LogP contribution is 2.44. The van der Waals surface area contributed by atoms with Crippen LogP contribution in [0.2, 0.25) is 0 Å². The van der Waals surface area contributed by atoms with Crippen LogP contribution in [0.15, 0.2) is 48.5 Å². The molecular formula is C27H32N2O6. The van der Waals surface area contributed by atoms with Crippen molar-refractivity contribution in [1.82, 2.24) is 10.2 Å². The van der Waals surface area contributed by atoms with E-state index in [4.69, 9.17) is 9.47 Å². The Labute approximate surface area is 205 Å². The number of carbonyl (C=O) groups is 3. The number of rotatable bonds is 7. The quantitative estimate of drug-likeness (QED) is 0.629. The summed E-state index contributed by atoms with van der Waals surface area (Å²) in [4.78, 5) is 38.6. The van der Waals surface area contributed by atoms with Gasteiger partial charge in [0.25, 0.3) is 0 Å². The van der Waals surface area contributed by atoms with Crippen LogP contribution < -0.4 is 5.32 Å². The van der Waals surface area contributed by atoms with Crippen molar-refractivity contribution in [3.05, 3.63) is 59.7 Å². The maximum Gasteiger partial charge on any atom is 0.407 e. The molecule has 1 unspecified atom stereocenters. The number of carboxylic acid groups (broad SMARTS) is 1. The monoisotopic (exact) mass is 480 g/mol. The lowest BCUT2D eigenvalue weighted by Gasteiger charge is -2.27. The average Bonchev–Trinajstić information content (AvgIpc) is 2.97. The molecule has 0 saturated carbocycles. The highest BCUT2D eigenvalue weighted by molar-refractivity contribution is 5.80. The van der Waals surface area contributed by atoms with Crippen molar-refractivity contribution >= 4 is 18.0 Å². The van der Waals surface area contributed by atoms with Gasteiger partial charge in [0, 0.05) is 31.5 Å². The van der Waals surface area contributed by atoms with Gasteiger partial charge in [0.2, 0.25) is 5.91 Å². The number of aliphatic carboxylic acids is 1. The van der Waals surface area contributed by atoms with Crippen molar-refractivity contribution in [1.29, 1.82) is 0 Å². The van der Waals surface area contributed by atoms with Crippen molar-refractivity contribution in [3.63, 3.8) is 0 Å². The third kappa shape index (κ3) is 5.65. The molecule has 0 spiro atoms. The Kier molecular flexibility index (Phi) is 7.70. The van der Waals surface area contributed by atoms with Crippen LogP contribution in [0, 0.1) is 11.8 Å². The first-order chi connectivity index (χ1) is 16.8. The van der Waals surface area contributed by atoms with Gasteiger partial charge in [-0.1, -0.05) is 62.4 Å². The van der Waals surface area contributed by atoms with Crippen LogP contribution in [0.3, 0.4) is 0 Å². The summed E-state index contributed by atoms with van der Waals surface area (Å²) in [5, 5.41) is 12.2. The number of alkyl carbamates (subject to hydrolysis) is 1. The van der Waals surface area contributed by atoms with Gasteiger partial charge >= 0.3 is 12.1 Å². The summed E-state index contributed by atoms with van der Waals surface area (Å²) < 4.78 is 11.0. The number of amides is 2. The average molecular weight is 481 g/mol. The Hall–Kier alpha value is -3.39. The van der Waals surface area contributed by atoms with Crippen LogP contribution in [-0.4, -0.2) is 66.9 Å². The molecule has 2 atom stereocenters. The first-order valence-corrected chi connectivity index (χ1v) is 12.0. The standard InChI is InChI=1S/C27H32N2O6/c1-17(2)24(13-25(30)29-11-12-34-15-18(14-29)26(31)32)28-27(33)35-16-23-21-9-5-3-7-19(21)20-8-4-6-10-22(20)23/h3-10,17-18,23-24H,11-16H2,1-2H3,(H,28,33)(H,31,32)/t18?,24-/m0/s1. The van der Waals surface area contributed by atoms with Gasteiger partial charge in [-0.2, -0.15) is 0 Å². The van der Waals surface area contributed by atoms with Crippen LogP contribution in [0.5, 0.6) is 0 Å². The SMILES string of the molecule is CC(C)[C@H](CC(=O)N1CCOCC(C(=O)O)C1)NC(=O)OCC1c2ccccc2-c2ccccc21. The molecule has 2 amide bonds. The van der Waals surface area contributed by atoms with Gasteiger partial charge in [0.1, 0.15) is 6.61 Å². The molecule has 1 fully saturated rings. The van der Waals surface area contributed by atoms with E-state index in [2.05, 4.69) is 29.6 Å². The second-order valence-corrected chi connectivity index (χ2v) is 9.47. The highest BCUT2D eigenvalue weighted by Gasteiger charge is 2.31. The Bertz CT molecular complexity index is 1040. The van der Waals surface area contributed by atoms with Crippen molar-refractivity contribution in [3.8, 4) is 11.1 Å². The number of carboxylic acids is 1. The van der Waals surface area contributed by atoms with E-state index < -0.39 is 24.0 Å². The topological polar surface area (TPSA) is 105 Å². The first-order valence-electron chi connectivity index (χ1n) is 12.0. The predicted molar refractivity (Wildman–Crippen MR) is 130 cm³/mol. The van der Waals surface area contributed by atoms with Crippen LogP contribution >= 0.6 is 0 Å². The molecule has 1 aliphatic heterocycles. The molecule has 2 aromatic rings. The summed E-state index contributed by atoms with van der Waals surface area (Å²) in [7, 11) is 0. The first kappa shape index (κ1) is 24.7. The van der Waals surface area contributed by atoms with Gasteiger partial charge in [0.15, 0.2) is 0 Å². The molecule has 8 nitrogen and oxygen atoms in total. The van der Waals surface area contributed by atoms with Gasteiger partial charge in [0.05, 0.1) is 19.1 Å². The third-order valence-corrected chi connectivity index (χ3v) is 6.81. The number of hydrogen-bond acceptors (Lipinski definition) is 5. The molecule has 186 valence electrons. The molecule has 4 rings (SSSR count). The number of nitrogens with zero attached hydrogens (tertiary/aromatic N) is 1. The Morgan fingerprint density at radius 2 is 1.71 bits per heavy atom. The minimum absolute atomic E-state index is 0.0158. The second kappa shape index (κ2) is 10.9. The molecule has 2 aliphatic rings. The van der Waals surface area contributed by atoms with Crippen LogP contribution in [-0.2, 0) is 19.1 Å². The predicted octanol–water partition coefficient (Wildman–Crippen LogP) is 3.50. The molecular weight excluding hydrogens is 448 g/mol. The van der Waals surface area contributed by atoms with Gasteiger partial charge in [-0.3, -0.25) is 9.59 Å². The fraction of sp³-hybridized carbons (Fsp3) is 0.444. The summed E-state index contributed by atoms with van der Waals surface area (Å²) in [6, 6.07) is 15.8. The molecule has 0 bridgehead atoms. The normalized spacial score (nSPS) is 18.4. The van der Waals surface area contributed by atoms with Crippen LogP contribution in [0.25, 0.3) is 11.1 Å². The number of ether oxygens (including phenoxy) is 2. The lowest BCUT2D eigenvalue weighted by Crippen LogP contribution is -2.45. The summed E-state index contributed by atoms with van der Waals surface area (Å²) in [5.74, 6) is -2.01. The lowest BCUT2D eigenvalue weighted by molar-refractivity contribution is -0.144. The molecule has 2 N–H and O–H groups in total. The van der Waals surface area contributed by atoms with Gasteiger partial charge in [-0.25, -0.2) is 4.79 Å². The van der Waals surface area contributed by atoms with E-state index in [1.807, 2.05) is 38.1 Å². The van der Waals surface area contributed by atoms with Gasteiger partial charge in [-0.15, -0.1) is 0 Å². The van der Waals surface area contributed by atoms with E-state index in [1.165, 1.54) is 4.90 Å². The van der Waals surface area contributed by atoms with Gasteiger partial charge < -0.3 is 24.8 Å². The molecule has 1 aliphatic carbocycles. The Morgan fingerprint density at radius 1 is 1.09 bits per heavy atom. The smallest absolute Gasteiger partial charge is 0.407 e. The molecule has 8 heteroatoms. The van der Waals surface area contributed by atoms with Crippen molar-refractivity contribution in [2.45, 2.75) is 32.2 Å². The zero-order chi connectivity index (χ0) is 24.9. The van der Waals surface area contributed by atoms with Crippen molar-refractivity contribution in [2.75, 3.05) is 32.9 Å². The third-order valence-electron chi connectivity index (χ3n) is 6.81. The molecule has 0 aromatic heterocycles. The maximum absolute atomic E-state index is 12.9. The van der Waals surface area contributed by atoms with E-state index in [-0.39, 0.29) is 43.9 Å². The Morgan fingerprint density at radius 3 is 2.31 bits per heavy atom. The van der Waals surface area contributed by atoms with E-state index in [0.29, 0.717) is 13.2 Å². The van der Waals surface area contributed by atoms with E-state index in [1.54, 1.807) is 0 Å². The minimum Gasteiger partial charge on any atom is -0.481 e. The molecule has 0 radical (unpaired) electrons. The van der Waals surface area contributed by atoms with Crippen LogP contribution in [0.1, 0.15) is 37.3 Å². The highest BCUT2D eigenvalue weighted by atomic mass is 16.5. The summed E-state index contributed by atoms with van der Waals surface area (Å²) >= 11 is 0.